The van der Waals surface area contributed by atoms with Crippen molar-refractivity contribution in [2.75, 3.05) is 45.0 Å². The zero-order valence-electron chi connectivity index (χ0n) is 12.0. The largest absolute Gasteiger partial charge is 0.376 e. The van der Waals surface area contributed by atoms with Crippen LogP contribution in [0.2, 0.25) is 0 Å². The number of carbonyl (C=O) groups is 1. The van der Waals surface area contributed by atoms with E-state index in [1.54, 1.807) is 25.1 Å². The molecule has 3 N–H and O–H groups in total. The molecule has 0 heterocycles. The fourth-order valence-electron chi connectivity index (χ4n) is 1.58. The van der Waals surface area contributed by atoms with Crippen LogP contribution >= 0.6 is 0 Å². The van der Waals surface area contributed by atoms with Crippen LogP contribution < -0.4 is 16.0 Å². The molecular weight excluding hydrogens is 280 g/mol. The predicted octanol–water partition coefficient (Wildman–Crippen LogP) is -0.0999. The quantitative estimate of drug-likeness (QED) is 0.791. The zero-order chi connectivity index (χ0) is 15.5. The lowest BCUT2D eigenvalue weighted by Gasteiger charge is -2.20. The second-order valence-electron chi connectivity index (χ2n) is 4.61. The second-order valence-corrected chi connectivity index (χ2v) is 6.76. The number of carbonyl (C=O) groups excluding carboxylic acids is 1. The molecule has 8 heteroatoms. The Hall–Kier alpha value is -1.64. The monoisotopic (exact) mass is 300 g/mol. The molecule has 0 aliphatic rings. The van der Waals surface area contributed by atoms with Gasteiger partial charge < -0.3 is 16.0 Å². The summed E-state index contributed by atoms with van der Waals surface area (Å²) in [5, 5.41) is 2.60. The maximum Gasteiger partial charge on any atom is 0.242 e. The van der Waals surface area contributed by atoms with Gasteiger partial charge in [-0.1, -0.05) is 0 Å². The van der Waals surface area contributed by atoms with Crippen molar-refractivity contribution in [3.05, 3.63) is 18.2 Å². The Morgan fingerprint density at radius 1 is 1.25 bits per heavy atom. The molecule has 0 atom stereocenters. The number of hydrogen-bond acceptors (Lipinski definition) is 5. The maximum atomic E-state index is 12.1. The molecule has 0 spiro atoms. The van der Waals surface area contributed by atoms with Gasteiger partial charge >= 0.3 is 0 Å². The first-order valence-electron chi connectivity index (χ1n) is 5.94. The SMILES string of the molecule is CN(C)c1ccc(S(=O)(=O)N(C)C)cc1NC(=O)CN. The summed E-state index contributed by atoms with van der Waals surface area (Å²) < 4.78 is 25.3. The van der Waals surface area contributed by atoms with Gasteiger partial charge in [-0.25, -0.2) is 12.7 Å². The number of benzene rings is 1. The van der Waals surface area contributed by atoms with Crippen LogP contribution in [0, 0.1) is 0 Å². The number of nitrogens with one attached hydrogen (secondary N) is 1. The van der Waals surface area contributed by atoms with Crippen molar-refractivity contribution in [2.24, 2.45) is 5.73 Å². The van der Waals surface area contributed by atoms with Crippen LogP contribution in [0.25, 0.3) is 0 Å². The predicted molar refractivity (Wildman–Crippen MR) is 79.3 cm³/mol. The molecule has 1 aromatic carbocycles. The van der Waals surface area contributed by atoms with E-state index in [2.05, 4.69) is 5.32 Å². The van der Waals surface area contributed by atoms with E-state index in [9.17, 15) is 13.2 Å². The van der Waals surface area contributed by atoms with Gasteiger partial charge in [0.1, 0.15) is 0 Å². The van der Waals surface area contributed by atoms with E-state index in [0.717, 1.165) is 4.31 Å². The van der Waals surface area contributed by atoms with Crippen molar-refractivity contribution in [2.45, 2.75) is 4.90 Å². The third-order valence-electron chi connectivity index (χ3n) is 2.69. The number of nitrogens with two attached hydrogens (primary N) is 1. The molecule has 0 saturated heterocycles. The van der Waals surface area contributed by atoms with Crippen LogP contribution in [0.4, 0.5) is 11.4 Å². The molecule has 0 aliphatic carbocycles. The van der Waals surface area contributed by atoms with Gasteiger partial charge in [0.05, 0.1) is 22.8 Å². The van der Waals surface area contributed by atoms with Gasteiger partial charge in [-0.05, 0) is 18.2 Å². The molecule has 0 aliphatic heterocycles. The van der Waals surface area contributed by atoms with Crippen LogP contribution in [-0.4, -0.2) is 53.4 Å². The van der Waals surface area contributed by atoms with E-state index < -0.39 is 10.0 Å². The highest BCUT2D eigenvalue weighted by atomic mass is 32.2. The Balaban J connectivity index is 3.34. The fraction of sp³-hybridized carbons (Fsp3) is 0.417. The van der Waals surface area contributed by atoms with Gasteiger partial charge in [0.2, 0.25) is 15.9 Å². The van der Waals surface area contributed by atoms with Crippen LogP contribution in [0.15, 0.2) is 23.1 Å². The molecule has 0 radical (unpaired) electrons. The lowest BCUT2D eigenvalue weighted by atomic mass is 10.2. The molecule has 7 nitrogen and oxygen atoms in total. The van der Waals surface area contributed by atoms with Gasteiger partial charge in [-0.15, -0.1) is 0 Å². The number of anilines is 2. The molecule has 1 rings (SSSR count). The molecule has 1 aromatic rings. The van der Waals surface area contributed by atoms with Crippen LogP contribution in [0.3, 0.4) is 0 Å². The average Bonchev–Trinajstić information content (AvgIpc) is 2.37. The maximum absolute atomic E-state index is 12.1. The van der Waals surface area contributed by atoms with E-state index in [4.69, 9.17) is 5.73 Å². The Morgan fingerprint density at radius 2 is 1.85 bits per heavy atom. The van der Waals surface area contributed by atoms with E-state index >= 15 is 0 Å². The van der Waals surface area contributed by atoms with Crippen molar-refractivity contribution < 1.29 is 13.2 Å². The number of hydrogen-bond donors (Lipinski definition) is 2. The molecular formula is C12H20N4O3S. The van der Waals surface area contributed by atoms with Crippen molar-refractivity contribution in [1.82, 2.24) is 4.31 Å². The summed E-state index contributed by atoms with van der Waals surface area (Å²) in [4.78, 5) is 13.3. The minimum Gasteiger partial charge on any atom is -0.376 e. The lowest BCUT2D eigenvalue weighted by Crippen LogP contribution is -2.25. The zero-order valence-corrected chi connectivity index (χ0v) is 12.9. The first kappa shape index (κ1) is 16.4. The summed E-state index contributed by atoms with van der Waals surface area (Å²) in [6, 6.07) is 4.57. The number of sulfonamides is 1. The van der Waals surface area contributed by atoms with Gasteiger partial charge in [-0.3, -0.25) is 4.79 Å². The molecule has 0 fully saturated rings. The molecule has 0 unspecified atom stereocenters. The Morgan fingerprint density at radius 3 is 2.30 bits per heavy atom. The van der Waals surface area contributed by atoms with Crippen molar-refractivity contribution in [1.29, 1.82) is 0 Å². The lowest BCUT2D eigenvalue weighted by molar-refractivity contribution is -0.114. The van der Waals surface area contributed by atoms with Gasteiger partial charge in [0.25, 0.3) is 0 Å². The minimum atomic E-state index is -3.55. The molecule has 0 bridgehead atoms. The summed E-state index contributed by atoms with van der Waals surface area (Å²) >= 11 is 0. The average molecular weight is 300 g/mol. The molecule has 1 amide bonds. The van der Waals surface area contributed by atoms with E-state index in [0.29, 0.717) is 11.4 Å². The normalized spacial score (nSPS) is 11.5. The van der Waals surface area contributed by atoms with Gasteiger partial charge in [-0.2, -0.15) is 0 Å². The van der Waals surface area contributed by atoms with E-state index in [-0.39, 0.29) is 17.3 Å². The highest BCUT2D eigenvalue weighted by molar-refractivity contribution is 7.89. The van der Waals surface area contributed by atoms with Gasteiger partial charge in [0, 0.05) is 28.2 Å². The number of nitrogens with zero attached hydrogens (tertiary/aromatic N) is 2. The highest BCUT2D eigenvalue weighted by Gasteiger charge is 2.19. The number of amides is 1. The summed E-state index contributed by atoms with van der Waals surface area (Å²) in [5.41, 5.74) is 6.38. The smallest absolute Gasteiger partial charge is 0.242 e. The summed E-state index contributed by atoms with van der Waals surface area (Å²) in [6.07, 6.45) is 0. The van der Waals surface area contributed by atoms with Crippen LogP contribution in [0.5, 0.6) is 0 Å². The minimum absolute atomic E-state index is 0.112. The van der Waals surface area contributed by atoms with Crippen molar-refractivity contribution >= 4 is 27.3 Å². The Bertz CT molecular complexity index is 597. The van der Waals surface area contributed by atoms with Crippen LogP contribution in [0.1, 0.15) is 0 Å². The standard InChI is InChI=1S/C12H20N4O3S/c1-15(2)11-6-5-9(20(18,19)16(3)4)7-10(11)14-12(17)8-13/h5-7H,8,13H2,1-4H3,(H,14,17). The Kier molecular flexibility index (Phi) is 5.09. The third kappa shape index (κ3) is 3.47. The summed E-state index contributed by atoms with van der Waals surface area (Å²) in [5.74, 6) is -0.382. The molecule has 112 valence electrons. The van der Waals surface area contributed by atoms with E-state index in [1.807, 2.05) is 0 Å². The summed E-state index contributed by atoms with van der Waals surface area (Å²) in [6.45, 7) is -0.169. The topological polar surface area (TPSA) is 95.7 Å². The molecule has 0 aromatic heterocycles. The number of rotatable bonds is 5. The van der Waals surface area contributed by atoms with Crippen molar-refractivity contribution in [3.8, 4) is 0 Å². The first-order valence-corrected chi connectivity index (χ1v) is 7.38. The third-order valence-corrected chi connectivity index (χ3v) is 4.50. The first-order chi connectivity index (χ1) is 9.20. The fourth-order valence-corrected chi connectivity index (χ4v) is 2.51. The Labute approximate surface area is 119 Å². The van der Waals surface area contributed by atoms with Crippen LogP contribution in [-0.2, 0) is 14.8 Å². The van der Waals surface area contributed by atoms with E-state index in [1.165, 1.54) is 26.2 Å². The highest BCUT2D eigenvalue weighted by Crippen LogP contribution is 2.28. The van der Waals surface area contributed by atoms with Crippen molar-refractivity contribution in [3.63, 3.8) is 0 Å². The molecule has 20 heavy (non-hydrogen) atoms. The summed E-state index contributed by atoms with van der Waals surface area (Å²) in [7, 11) is 2.95. The second kappa shape index (κ2) is 6.21. The van der Waals surface area contributed by atoms with Gasteiger partial charge in [0.15, 0.2) is 0 Å². The molecule has 0 saturated carbocycles.